The number of aromatic nitrogens is 4. The van der Waals surface area contributed by atoms with Crippen molar-refractivity contribution in [3.05, 3.63) is 41.2 Å². The van der Waals surface area contributed by atoms with Crippen LogP contribution in [0.25, 0.3) is 0 Å². The summed E-state index contributed by atoms with van der Waals surface area (Å²) >= 11 is 0. The van der Waals surface area contributed by atoms with Gasteiger partial charge in [-0.25, -0.2) is 4.98 Å². The maximum Gasteiger partial charge on any atom is 0.255 e. The summed E-state index contributed by atoms with van der Waals surface area (Å²) in [5, 5.41) is 6.75. The van der Waals surface area contributed by atoms with Crippen LogP contribution in [0.4, 0.5) is 0 Å². The van der Waals surface area contributed by atoms with E-state index in [1.807, 2.05) is 19.9 Å². The molecular weight excluding hydrogens is 230 g/mol. The fourth-order valence-electron chi connectivity index (χ4n) is 1.64. The van der Waals surface area contributed by atoms with Crippen LogP contribution in [0.1, 0.15) is 27.6 Å². The second kappa shape index (κ2) is 4.95. The molecule has 6 nitrogen and oxygen atoms in total. The van der Waals surface area contributed by atoms with Crippen LogP contribution in [0.5, 0.6) is 0 Å². The monoisotopic (exact) mass is 245 g/mol. The lowest BCUT2D eigenvalue weighted by atomic mass is 10.2. The molecule has 0 radical (unpaired) electrons. The summed E-state index contributed by atoms with van der Waals surface area (Å²) in [6.07, 6.45) is 3.28. The van der Waals surface area contributed by atoms with Gasteiger partial charge in [0.2, 0.25) is 0 Å². The molecule has 1 N–H and O–H groups in total. The molecule has 0 aliphatic rings. The first kappa shape index (κ1) is 12.2. The van der Waals surface area contributed by atoms with Gasteiger partial charge in [0.15, 0.2) is 5.82 Å². The van der Waals surface area contributed by atoms with E-state index in [1.54, 1.807) is 24.3 Å². The maximum absolute atomic E-state index is 12.1. The van der Waals surface area contributed by atoms with Crippen LogP contribution < -0.4 is 0 Å². The number of carbonyl (C=O) groups is 1. The molecule has 2 aromatic rings. The Morgan fingerprint density at radius 3 is 2.78 bits per heavy atom. The molecule has 1 amide bonds. The third kappa shape index (κ3) is 2.71. The van der Waals surface area contributed by atoms with E-state index in [-0.39, 0.29) is 5.91 Å². The van der Waals surface area contributed by atoms with Crippen LogP contribution in [0.15, 0.2) is 18.5 Å². The molecule has 18 heavy (non-hydrogen) atoms. The van der Waals surface area contributed by atoms with E-state index < -0.39 is 0 Å². The molecule has 6 heteroatoms. The van der Waals surface area contributed by atoms with Gasteiger partial charge in [-0.3, -0.25) is 14.9 Å². The number of amides is 1. The number of hydrogen-bond acceptors (Lipinski definition) is 4. The highest BCUT2D eigenvalue weighted by Crippen LogP contribution is 2.06. The van der Waals surface area contributed by atoms with E-state index in [9.17, 15) is 4.79 Å². The zero-order valence-electron chi connectivity index (χ0n) is 10.6. The quantitative estimate of drug-likeness (QED) is 0.878. The Hall–Kier alpha value is -2.24. The van der Waals surface area contributed by atoms with E-state index >= 15 is 0 Å². The summed E-state index contributed by atoms with van der Waals surface area (Å²) in [6, 6.07) is 1.81. The van der Waals surface area contributed by atoms with Crippen LogP contribution in [0.2, 0.25) is 0 Å². The zero-order valence-corrected chi connectivity index (χ0v) is 10.6. The Balaban J connectivity index is 2.09. The summed E-state index contributed by atoms with van der Waals surface area (Å²) in [5.41, 5.74) is 1.53. The van der Waals surface area contributed by atoms with Crippen LogP contribution in [0, 0.1) is 13.8 Å². The molecule has 0 aliphatic heterocycles. The van der Waals surface area contributed by atoms with Crippen LogP contribution in [-0.4, -0.2) is 38.0 Å². The molecule has 0 spiro atoms. The van der Waals surface area contributed by atoms with E-state index in [4.69, 9.17) is 0 Å². The van der Waals surface area contributed by atoms with Gasteiger partial charge in [-0.2, -0.15) is 5.10 Å². The van der Waals surface area contributed by atoms with Gasteiger partial charge in [0.1, 0.15) is 5.82 Å². The average molecular weight is 245 g/mol. The predicted octanol–water partition coefficient (Wildman–Crippen LogP) is 1.09. The number of nitrogens with one attached hydrogen (secondary N) is 1. The lowest BCUT2D eigenvalue weighted by Gasteiger charge is -2.15. The second-order valence-electron chi connectivity index (χ2n) is 4.25. The number of pyridine rings is 1. The summed E-state index contributed by atoms with van der Waals surface area (Å²) in [5.74, 6) is 1.25. The number of nitrogens with zero attached hydrogens (tertiary/aromatic N) is 4. The van der Waals surface area contributed by atoms with Crippen molar-refractivity contribution < 1.29 is 4.79 Å². The fraction of sp³-hybridized carbons (Fsp3) is 0.333. The third-order valence-electron chi connectivity index (χ3n) is 2.49. The molecule has 0 aromatic carbocycles. The van der Waals surface area contributed by atoms with E-state index in [2.05, 4.69) is 20.2 Å². The van der Waals surface area contributed by atoms with Crippen molar-refractivity contribution in [2.45, 2.75) is 20.4 Å². The van der Waals surface area contributed by atoms with Gasteiger partial charge in [-0.1, -0.05) is 0 Å². The molecule has 0 aliphatic carbocycles. The summed E-state index contributed by atoms with van der Waals surface area (Å²) in [7, 11) is 1.72. The van der Waals surface area contributed by atoms with Crippen molar-refractivity contribution in [2.75, 3.05) is 7.05 Å². The normalized spacial score (nSPS) is 10.4. The number of aryl methyl sites for hydroxylation is 2. The Bertz CT molecular complexity index is 563. The third-order valence-corrected chi connectivity index (χ3v) is 2.49. The predicted molar refractivity (Wildman–Crippen MR) is 65.9 cm³/mol. The highest BCUT2D eigenvalue weighted by Gasteiger charge is 2.14. The molecular formula is C12H15N5O. The van der Waals surface area contributed by atoms with Gasteiger partial charge in [-0.15, -0.1) is 0 Å². The van der Waals surface area contributed by atoms with Gasteiger partial charge in [0.05, 0.1) is 12.1 Å². The van der Waals surface area contributed by atoms with Gasteiger partial charge in [0, 0.05) is 19.4 Å². The number of carbonyl (C=O) groups excluding carboxylic acids is 1. The zero-order chi connectivity index (χ0) is 13.1. The van der Waals surface area contributed by atoms with Crippen LogP contribution >= 0.6 is 0 Å². The highest BCUT2D eigenvalue weighted by atomic mass is 16.2. The lowest BCUT2D eigenvalue weighted by molar-refractivity contribution is 0.0781. The van der Waals surface area contributed by atoms with Gasteiger partial charge in [0.25, 0.3) is 5.91 Å². The molecule has 2 heterocycles. The minimum atomic E-state index is -0.0892. The number of hydrogen-bond donors (Lipinski definition) is 1. The Morgan fingerprint density at radius 2 is 2.17 bits per heavy atom. The van der Waals surface area contributed by atoms with Crippen molar-refractivity contribution in [3.8, 4) is 0 Å². The number of H-pyrrole nitrogens is 1. The second-order valence-corrected chi connectivity index (χ2v) is 4.25. The molecule has 0 atom stereocenters. The first-order chi connectivity index (χ1) is 8.56. The van der Waals surface area contributed by atoms with Gasteiger partial charge in [-0.05, 0) is 25.5 Å². The van der Waals surface area contributed by atoms with Crippen molar-refractivity contribution in [2.24, 2.45) is 0 Å². The molecule has 94 valence electrons. The first-order valence-electron chi connectivity index (χ1n) is 5.61. The first-order valence-corrected chi connectivity index (χ1v) is 5.61. The fourth-order valence-corrected chi connectivity index (χ4v) is 1.64. The topological polar surface area (TPSA) is 74.8 Å². The molecule has 0 unspecified atom stereocenters. The summed E-state index contributed by atoms with van der Waals surface area (Å²) in [6.45, 7) is 4.10. The SMILES string of the molecule is Cc1cncc(C(=O)N(C)Cc2n[nH]c(C)n2)c1. The molecule has 0 fully saturated rings. The highest BCUT2D eigenvalue weighted by molar-refractivity contribution is 5.93. The van der Waals surface area contributed by atoms with Gasteiger partial charge >= 0.3 is 0 Å². The van der Waals surface area contributed by atoms with Gasteiger partial charge < -0.3 is 4.90 Å². The number of rotatable bonds is 3. The largest absolute Gasteiger partial charge is 0.334 e. The van der Waals surface area contributed by atoms with Crippen LogP contribution in [0.3, 0.4) is 0 Å². The smallest absolute Gasteiger partial charge is 0.255 e. The summed E-state index contributed by atoms with van der Waals surface area (Å²) < 4.78 is 0. The lowest BCUT2D eigenvalue weighted by Crippen LogP contribution is -2.26. The molecule has 2 aromatic heterocycles. The van der Waals surface area contributed by atoms with E-state index in [1.165, 1.54) is 0 Å². The molecule has 0 saturated heterocycles. The minimum absolute atomic E-state index is 0.0892. The van der Waals surface area contributed by atoms with Crippen molar-refractivity contribution in [1.29, 1.82) is 0 Å². The Kier molecular flexibility index (Phi) is 3.36. The minimum Gasteiger partial charge on any atom is -0.334 e. The van der Waals surface area contributed by atoms with Crippen molar-refractivity contribution in [3.63, 3.8) is 0 Å². The van der Waals surface area contributed by atoms with Crippen LogP contribution in [-0.2, 0) is 6.54 Å². The number of aromatic amines is 1. The Labute approximate surface area is 105 Å². The molecule has 2 rings (SSSR count). The molecule has 0 saturated carbocycles. The van der Waals surface area contributed by atoms with Crippen molar-refractivity contribution >= 4 is 5.91 Å². The maximum atomic E-state index is 12.1. The molecule has 0 bridgehead atoms. The van der Waals surface area contributed by atoms with Crippen molar-refractivity contribution in [1.82, 2.24) is 25.1 Å². The average Bonchev–Trinajstić information content (AvgIpc) is 2.73. The van der Waals surface area contributed by atoms with E-state index in [0.29, 0.717) is 17.9 Å². The summed E-state index contributed by atoms with van der Waals surface area (Å²) in [4.78, 5) is 21.9. The van der Waals surface area contributed by atoms with E-state index in [0.717, 1.165) is 11.4 Å². The Morgan fingerprint density at radius 1 is 1.39 bits per heavy atom. The standard InChI is InChI=1S/C12H15N5O/c1-8-4-10(6-13-5-8)12(18)17(3)7-11-14-9(2)15-16-11/h4-6H,7H2,1-3H3,(H,14,15,16).